The van der Waals surface area contributed by atoms with E-state index in [0.29, 0.717) is 59.7 Å². The minimum absolute atomic E-state index is 0.0101. The highest BCUT2D eigenvalue weighted by Gasteiger charge is 2.41. The molecule has 37 nitrogen and oxygen atoms in total. The molecule has 608 valence electrons. The molecule has 11 atom stereocenters. The number of hydrogen-bond acceptors (Lipinski definition) is 19. The minimum Gasteiger partial charge on any atom is -0.508 e. The van der Waals surface area contributed by atoms with Crippen LogP contribution >= 0.6 is 0 Å². The van der Waals surface area contributed by atoms with Crippen LogP contribution in [0.5, 0.6) is 5.75 Å². The van der Waals surface area contributed by atoms with Crippen LogP contribution in [-0.2, 0) is 92.8 Å². The average Bonchev–Trinajstić information content (AvgIpc) is 1.66. The number of aromatic amines is 2. The van der Waals surface area contributed by atoms with Crippen molar-refractivity contribution < 1.29 is 82.4 Å². The van der Waals surface area contributed by atoms with E-state index in [9.17, 15) is 68.1 Å². The number of imidazole rings is 1. The number of rotatable bonds is 47. The first-order valence-electron chi connectivity index (χ1n) is 37.3. The Labute approximate surface area is 647 Å². The molecule has 13 amide bonds. The number of phenolic OH excluding ortho intramolecular Hbond substituents is 1. The normalized spacial score (nSPS) is 15.2. The number of aromatic hydroxyl groups is 1. The molecule has 2 aromatic heterocycles. The van der Waals surface area contributed by atoms with E-state index in [1.165, 1.54) is 41.7 Å². The number of carbonyl (C=O) groups excluding carboxylic acids is 13. The molecule has 0 spiro atoms. The molecule has 0 radical (unpaired) electrons. The second-order valence-corrected chi connectivity index (χ2v) is 27.8. The van der Waals surface area contributed by atoms with Gasteiger partial charge >= 0.3 is 5.97 Å². The molecule has 3 heterocycles. The Hall–Kier alpha value is -12.0. The number of hydrogen-bond donors (Lipinski definition) is 21. The molecule has 112 heavy (non-hydrogen) atoms. The fourth-order valence-electron chi connectivity index (χ4n) is 12.6. The highest BCUT2D eigenvalue weighted by atomic mass is 16.4. The zero-order valence-electron chi connectivity index (χ0n) is 63.2. The quantitative estimate of drug-likeness (QED) is 0.0108. The zero-order chi connectivity index (χ0) is 82.0. The number of nitrogens with two attached hydrogens (primary N) is 3. The summed E-state index contributed by atoms with van der Waals surface area (Å²) in [7, 11) is 0. The topological polar surface area (TPSA) is 594 Å². The average molecular weight is 1560 g/mol. The number of nitrogens with one attached hydrogen (secondary N) is 15. The third kappa shape index (κ3) is 28.8. The van der Waals surface area contributed by atoms with Crippen LogP contribution in [0.2, 0.25) is 0 Å². The third-order valence-corrected chi connectivity index (χ3v) is 18.6. The van der Waals surface area contributed by atoms with Crippen molar-refractivity contribution in [3.8, 4) is 5.75 Å². The van der Waals surface area contributed by atoms with Gasteiger partial charge in [0, 0.05) is 75.4 Å². The first-order valence-corrected chi connectivity index (χ1v) is 37.3. The van der Waals surface area contributed by atoms with E-state index in [0.717, 1.165) is 6.92 Å². The molecular weight excluding hydrogens is 1450 g/mol. The summed E-state index contributed by atoms with van der Waals surface area (Å²) in [4.78, 5) is 206. The van der Waals surface area contributed by atoms with Gasteiger partial charge in [-0.3, -0.25) is 72.5 Å². The molecule has 11 unspecified atom stereocenters. The van der Waals surface area contributed by atoms with E-state index in [1.807, 2.05) is 0 Å². The predicted molar refractivity (Wildman–Crippen MR) is 409 cm³/mol. The number of aromatic nitrogens is 3. The number of carboxylic acid groups (broad SMARTS) is 1. The molecular formula is C75H106N20O17. The van der Waals surface area contributed by atoms with Gasteiger partial charge in [-0.2, -0.15) is 0 Å². The second kappa shape index (κ2) is 45.2. The molecule has 0 bridgehead atoms. The van der Waals surface area contributed by atoms with E-state index in [1.54, 1.807) is 81.6 Å². The number of amides is 13. The van der Waals surface area contributed by atoms with Crippen molar-refractivity contribution >= 4 is 99.6 Å². The van der Waals surface area contributed by atoms with Crippen molar-refractivity contribution in [2.45, 2.75) is 197 Å². The summed E-state index contributed by atoms with van der Waals surface area (Å²) in [5.74, 6) is -13.4. The Bertz CT molecular complexity index is 4030. The number of phenols is 1. The van der Waals surface area contributed by atoms with Crippen molar-refractivity contribution in [1.82, 2.24) is 83.7 Å². The van der Waals surface area contributed by atoms with Gasteiger partial charge in [0.05, 0.1) is 25.2 Å². The van der Waals surface area contributed by atoms with E-state index in [2.05, 4.69) is 78.8 Å². The highest BCUT2D eigenvalue weighted by Crippen LogP contribution is 2.23. The summed E-state index contributed by atoms with van der Waals surface area (Å²) in [5, 5.41) is 69.7. The minimum atomic E-state index is -1.74. The van der Waals surface area contributed by atoms with Gasteiger partial charge in [0.15, 0.2) is 5.96 Å². The Morgan fingerprint density at radius 1 is 0.589 bits per heavy atom. The van der Waals surface area contributed by atoms with E-state index in [-0.39, 0.29) is 94.8 Å². The Morgan fingerprint density at radius 3 is 1.69 bits per heavy atom. The maximum absolute atomic E-state index is 15.1. The van der Waals surface area contributed by atoms with E-state index >= 15 is 14.4 Å². The molecule has 37 heteroatoms. The van der Waals surface area contributed by atoms with Crippen molar-refractivity contribution in [2.24, 2.45) is 23.1 Å². The molecule has 1 aliphatic heterocycles. The number of aliphatic carboxylic acids is 1. The summed E-state index contributed by atoms with van der Waals surface area (Å²) >= 11 is 0. The molecule has 1 saturated heterocycles. The number of aliphatic hydroxyl groups is 1. The van der Waals surface area contributed by atoms with Crippen LogP contribution in [0.25, 0.3) is 10.9 Å². The lowest BCUT2D eigenvalue weighted by Gasteiger charge is -2.30. The van der Waals surface area contributed by atoms with Gasteiger partial charge in [-0.05, 0) is 105 Å². The Balaban J connectivity index is 1.25. The van der Waals surface area contributed by atoms with Crippen molar-refractivity contribution in [2.75, 3.05) is 32.8 Å². The molecule has 3 aromatic carbocycles. The first-order chi connectivity index (χ1) is 53.5. The number of carbonyl (C=O) groups is 14. The lowest BCUT2D eigenvalue weighted by atomic mass is 10.0. The van der Waals surface area contributed by atoms with Gasteiger partial charge in [-0.15, -0.1) is 0 Å². The van der Waals surface area contributed by atoms with Crippen molar-refractivity contribution in [3.63, 3.8) is 0 Å². The standard InChI is InChI=1S/C75H106N20O17/c1-5-6-19-51(88-72(110)59(40-96)93-69(107)55(85-43(4)97)34-45-24-26-48(98)27-25-45)66(104)89-53(28-29-62(100)101)68(106)92-58(36-47-38-80-41-84-47)71(109)90-56(33-44-16-8-7-9-17-44)70(108)87-52(22-14-31-81-75(78)79)67(105)91-57(35-46-37-82-50-20-11-10-18-49(46)50)65(103)83-39-61(99)86-54(21-12-13-30-76)74(112)95-32-15-23-60(95)73(111)94-63(42(2)3)64(77)102/h7-11,16-18,20,24-27,37-38,41-42,51-60,63,82,96,98H,5-6,12-15,19,21-23,28-36,39-40,76H2,1-4H3,(H2,77,102)(H,80,84)(H,83,103)(H,85,97)(H,86,99)(H,87,108)(H,88,110)(H,89,104)(H,90,109)(H,91,105)(H,92,106)(H,93,107)(H,94,111)(H,100,101)(H4,78,79,81). The molecule has 0 saturated carbocycles. The fraction of sp³-hybridized carbons (Fsp3) is 0.493. The molecule has 5 aromatic rings. The van der Waals surface area contributed by atoms with Crippen molar-refractivity contribution in [1.29, 1.82) is 5.41 Å². The van der Waals surface area contributed by atoms with Gasteiger partial charge in [0.1, 0.15) is 72.2 Å². The van der Waals surface area contributed by atoms with Gasteiger partial charge < -0.3 is 111 Å². The number of nitrogens with zero attached hydrogens (tertiary/aromatic N) is 2. The lowest BCUT2D eigenvalue weighted by Crippen LogP contribution is -2.61. The van der Waals surface area contributed by atoms with Crippen LogP contribution in [0.15, 0.2) is 97.6 Å². The molecule has 6 rings (SSSR count). The maximum atomic E-state index is 15.1. The number of carboxylic acids is 1. The number of unbranched alkanes of at least 4 members (excludes halogenated alkanes) is 2. The summed E-state index contributed by atoms with van der Waals surface area (Å²) in [6, 6.07) is 5.55. The summed E-state index contributed by atoms with van der Waals surface area (Å²) in [5.41, 5.74) is 19.4. The molecule has 1 fully saturated rings. The van der Waals surface area contributed by atoms with E-state index < -0.39 is 181 Å². The molecule has 24 N–H and O–H groups in total. The monoisotopic (exact) mass is 1560 g/mol. The van der Waals surface area contributed by atoms with Gasteiger partial charge in [-0.1, -0.05) is 94.3 Å². The lowest BCUT2D eigenvalue weighted by molar-refractivity contribution is -0.142. The number of likely N-dealkylation sites (tertiary alicyclic amines) is 1. The number of benzene rings is 3. The largest absolute Gasteiger partial charge is 0.508 e. The first kappa shape index (κ1) is 88.9. The third-order valence-electron chi connectivity index (χ3n) is 18.6. The summed E-state index contributed by atoms with van der Waals surface area (Å²) in [6.45, 7) is 5.09. The Morgan fingerprint density at radius 2 is 1.12 bits per heavy atom. The SMILES string of the molecule is CCCCC(NC(=O)C(CO)NC(=O)C(Cc1ccc(O)cc1)NC(C)=O)C(=O)NC(CCC(=O)O)C(=O)NC(Cc1c[nH]cn1)C(=O)NC(Cc1ccccc1)C(=O)NC(CCCNC(=N)N)C(=O)NC(Cc1c[nH]c2ccccc12)C(=O)NCC(=O)NC(CCCCN)C(=O)N1CCCC1C(=O)NC(C(N)=O)C(C)C. The van der Waals surface area contributed by atoms with Crippen LogP contribution in [-0.4, -0.2) is 223 Å². The van der Waals surface area contributed by atoms with Crippen LogP contribution in [0.3, 0.4) is 0 Å². The Kier molecular flexibility index (Phi) is 35.9. The number of fused-ring (bicyclic) bond motifs is 1. The number of primary amides is 1. The number of aliphatic hydroxyl groups excluding tert-OH is 1. The zero-order valence-corrected chi connectivity index (χ0v) is 63.2. The van der Waals surface area contributed by atoms with Crippen LogP contribution in [0.1, 0.15) is 127 Å². The van der Waals surface area contributed by atoms with Crippen LogP contribution < -0.4 is 81.0 Å². The highest BCUT2D eigenvalue weighted by molar-refractivity contribution is 6.00. The summed E-state index contributed by atoms with van der Waals surface area (Å²) < 4.78 is 0. The molecule has 1 aliphatic rings. The maximum Gasteiger partial charge on any atom is 0.303 e. The number of para-hydroxylation sites is 1. The summed E-state index contributed by atoms with van der Waals surface area (Å²) in [6.07, 6.45) is 4.35. The van der Waals surface area contributed by atoms with Crippen LogP contribution in [0.4, 0.5) is 0 Å². The number of H-pyrrole nitrogens is 2. The van der Waals surface area contributed by atoms with Gasteiger partial charge in [0.25, 0.3) is 0 Å². The number of guanidine groups is 1. The van der Waals surface area contributed by atoms with Gasteiger partial charge in [0.2, 0.25) is 76.8 Å². The van der Waals surface area contributed by atoms with Crippen molar-refractivity contribution in [3.05, 3.63) is 120 Å². The predicted octanol–water partition coefficient (Wildman–Crippen LogP) is -2.58. The smallest absolute Gasteiger partial charge is 0.303 e. The van der Waals surface area contributed by atoms with Gasteiger partial charge in [-0.25, -0.2) is 4.98 Å². The fourth-order valence-corrected chi connectivity index (χ4v) is 12.6. The molecule has 0 aliphatic carbocycles. The second-order valence-electron chi connectivity index (χ2n) is 27.8. The van der Waals surface area contributed by atoms with E-state index in [4.69, 9.17) is 22.6 Å². The van der Waals surface area contributed by atoms with Crippen LogP contribution in [0, 0.1) is 11.3 Å².